The summed E-state index contributed by atoms with van der Waals surface area (Å²) < 4.78 is 1.20. The summed E-state index contributed by atoms with van der Waals surface area (Å²) in [6.07, 6.45) is 6.59. The van der Waals surface area contributed by atoms with Crippen LogP contribution in [0.1, 0.15) is 57.0 Å². The van der Waals surface area contributed by atoms with E-state index in [1.54, 1.807) is 0 Å². The Balaban J connectivity index is 1.94. The molecule has 3 rings (SSSR count). The van der Waals surface area contributed by atoms with Gasteiger partial charge in [0.1, 0.15) is 11.6 Å². The quantitative estimate of drug-likeness (QED) is 0.789. The van der Waals surface area contributed by atoms with Crippen molar-refractivity contribution in [2.45, 2.75) is 51.9 Å². The molecule has 20 heavy (non-hydrogen) atoms. The number of nitrogens with one attached hydrogen (secondary N) is 1. The molecule has 2 aliphatic carbocycles. The van der Waals surface area contributed by atoms with Crippen LogP contribution in [0.5, 0.6) is 0 Å². The molecule has 3 unspecified atom stereocenters. The van der Waals surface area contributed by atoms with Crippen molar-refractivity contribution >= 4 is 28.4 Å². The molecule has 0 radical (unpaired) electrons. The van der Waals surface area contributed by atoms with Crippen LogP contribution in [0.15, 0.2) is 0 Å². The largest absolute Gasteiger partial charge is 0.372 e. The van der Waals surface area contributed by atoms with Gasteiger partial charge < -0.3 is 5.32 Å². The molecule has 0 aliphatic heterocycles. The lowest BCUT2D eigenvalue weighted by molar-refractivity contribution is 0.404. The number of anilines is 1. The van der Waals surface area contributed by atoms with Crippen LogP contribution in [-0.4, -0.2) is 17.0 Å². The van der Waals surface area contributed by atoms with Crippen molar-refractivity contribution in [2.24, 2.45) is 17.8 Å². The highest BCUT2D eigenvalue weighted by molar-refractivity contribution is 14.1. The highest BCUT2D eigenvalue weighted by Gasteiger charge is 2.41. The summed E-state index contributed by atoms with van der Waals surface area (Å²) in [6, 6.07) is 0. The van der Waals surface area contributed by atoms with Gasteiger partial charge in [-0.1, -0.05) is 20.3 Å². The Labute approximate surface area is 135 Å². The van der Waals surface area contributed by atoms with Gasteiger partial charge in [-0.2, -0.15) is 0 Å². The van der Waals surface area contributed by atoms with E-state index in [-0.39, 0.29) is 0 Å². The lowest BCUT2D eigenvalue weighted by Gasteiger charge is -2.22. The van der Waals surface area contributed by atoms with Crippen molar-refractivity contribution in [3.63, 3.8) is 0 Å². The summed E-state index contributed by atoms with van der Waals surface area (Å²) in [5.41, 5.74) is 1.23. The zero-order chi connectivity index (χ0) is 14.3. The predicted octanol–water partition coefficient (Wildman–Crippen LogP) is 4.23. The molecule has 3 nitrogen and oxygen atoms in total. The first kappa shape index (κ1) is 14.5. The Morgan fingerprint density at radius 3 is 2.60 bits per heavy atom. The maximum Gasteiger partial charge on any atom is 0.143 e. The molecule has 1 N–H and O–H groups in total. The lowest BCUT2D eigenvalue weighted by atomic mass is 9.88. The zero-order valence-corrected chi connectivity index (χ0v) is 14.8. The fraction of sp³-hybridized carbons (Fsp3) is 0.750. The number of hydrogen-bond acceptors (Lipinski definition) is 3. The Morgan fingerprint density at radius 1 is 1.25 bits per heavy atom. The highest BCUT2D eigenvalue weighted by atomic mass is 127. The number of halogens is 1. The van der Waals surface area contributed by atoms with E-state index in [4.69, 9.17) is 9.97 Å². The third kappa shape index (κ3) is 2.68. The van der Waals surface area contributed by atoms with Gasteiger partial charge in [0, 0.05) is 13.0 Å². The topological polar surface area (TPSA) is 37.8 Å². The maximum atomic E-state index is 4.96. The SMILES string of the molecule is CNc1nc(C2CC3CCC2C3)nc(CC(C)C)c1I. The van der Waals surface area contributed by atoms with Crippen molar-refractivity contribution in [3.05, 3.63) is 15.1 Å². The average Bonchev–Trinajstić information content (AvgIpc) is 3.03. The van der Waals surface area contributed by atoms with E-state index < -0.39 is 0 Å². The van der Waals surface area contributed by atoms with E-state index in [1.807, 2.05) is 7.05 Å². The number of aromatic nitrogens is 2. The Morgan fingerprint density at radius 2 is 2.05 bits per heavy atom. The molecule has 0 saturated heterocycles. The van der Waals surface area contributed by atoms with Gasteiger partial charge in [0.25, 0.3) is 0 Å². The minimum Gasteiger partial charge on any atom is -0.372 e. The Bertz CT molecular complexity index is 501. The van der Waals surface area contributed by atoms with Crippen LogP contribution < -0.4 is 5.32 Å². The van der Waals surface area contributed by atoms with Gasteiger partial charge in [0.15, 0.2) is 0 Å². The van der Waals surface area contributed by atoms with Crippen LogP contribution >= 0.6 is 22.6 Å². The van der Waals surface area contributed by atoms with E-state index in [0.717, 1.165) is 29.9 Å². The normalized spacial score (nSPS) is 28.4. The standard InChI is InChI=1S/C16H24IN3/c1-9(2)6-13-14(17)16(18-3)20-15(19-13)12-8-10-4-5-11(12)7-10/h9-12H,4-8H2,1-3H3,(H,18,19,20). The van der Waals surface area contributed by atoms with Crippen LogP contribution in [0.3, 0.4) is 0 Å². The molecule has 0 aromatic carbocycles. The molecule has 1 aromatic heterocycles. The first-order chi connectivity index (χ1) is 9.58. The Hall–Kier alpha value is -0.390. The summed E-state index contributed by atoms with van der Waals surface area (Å²) in [4.78, 5) is 9.79. The van der Waals surface area contributed by atoms with Crippen LogP contribution in [0.4, 0.5) is 5.82 Å². The fourth-order valence-corrected chi connectivity index (χ4v) is 4.66. The molecule has 4 heteroatoms. The summed E-state index contributed by atoms with van der Waals surface area (Å²) in [6.45, 7) is 4.52. The van der Waals surface area contributed by atoms with E-state index in [2.05, 4.69) is 41.8 Å². The second-order valence-corrected chi connectivity index (χ2v) is 7.90. The third-order valence-corrected chi connectivity index (χ3v) is 5.98. The van der Waals surface area contributed by atoms with Gasteiger partial charge in [-0.15, -0.1) is 0 Å². The second kappa shape index (κ2) is 5.78. The van der Waals surface area contributed by atoms with Crippen LogP contribution in [-0.2, 0) is 6.42 Å². The summed E-state index contributed by atoms with van der Waals surface area (Å²) in [5.74, 6) is 5.17. The van der Waals surface area contributed by atoms with Gasteiger partial charge in [0.05, 0.1) is 9.26 Å². The minimum atomic E-state index is 0.615. The monoisotopic (exact) mass is 385 g/mol. The van der Waals surface area contributed by atoms with Gasteiger partial charge >= 0.3 is 0 Å². The number of rotatable bonds is 4. The third-order valence-electron chi connectivity index (χ3n) is 4.85. The molecule has 2 bridgehead atoms. The van der Waals surface area contributed by atoms with E-state index in [0.29, 0.717) is 11.8 Å². The van der Waals surface area contributed by atoms with Gasteiger partial charge in [0.2, 0.25) is 0 Å². The molecule has 0 amide bonds. The highest BCUT2D eigenvalue weighted by Crippen LogP contribution is 2.52. The number of nitrogens with zero attached hydrogens (tertiary/aromatic N) is 2. The summed E-state index contributed by atoms with van der Waals surface area (Å²) in [7, 11) is 1.97. The average molecular weight is 385 g/mol. The minimum absolute atomic E-state index is 0.615. The van der Waals surface area contributed by atoms with Gasteiger partial charge in [-0.05, 0) is 66.0 Å². The van der Waals surface area contributed by atoms with Gasteiger partial charge in [-0.3, -0.25) is 0 Å². The lowest BCUT2D eigenvalue weighted by Crippen LogP contribution is -2.16. The fourth-order valence-electron chi connectivity index (χ4n) is 3.93. The van der Waals surface area contributed by atoms with E-state index >= 15 is 0 Å². The zero-order valence-electron chi connectivity index (χ0n) is 12.6. The maximum absolute atomic E-state index is 4.96. The van der Waals surface area contributed by atoms with Gasteiger partial charge in [-0.25, -0.2) is 9.97 Å². The van der Waals surface area contributed by atoms with Crippen molar-refractivity contribution in [1.29, 1.82) is 0 Å². The molecule has 1 aromatic rings. The molecule has 2 saturated carbocycles. The van der Waals surface area contributed by atoms with Crippen molar-refractivity contribution in [3.8, 4) is 0 Å². The molecule has 110 valence electrons. The number of hydrogen-bond donors (Lipinski definition) is 1. The van der Waals surface area contributed by atoms with E-state index in [1.165, 1.54) is 34.9 Å². The molecule has 0 spiro atoms. The van der Waals surface area contributed by atoms with Crippen LogP contribution in [0, 0.1) is 21.3 Å². The Kier molecular flexibility index (Phi) is 4.20. The van der Waals surface area contributed by atoms with Crippen molar-refractivity contribution in [2.75, 3.05) is 12.4 Å². The summed E-state index contributed by atoms with van der Waals surface area (Å²) in [5, 5.41) is 3.26. The number of fused-ring (bicyclic) bond motifs is 2. The molecular weight excluding hydrogens is 361 g/mol. The smallest absolute Gasteiger partial charge is 0.143 e. The first-order valence-corrected chi connectivity index (χ1v) is 8.90. The predicted molar refractivity (Wildman–Crippen MR) is 91.0 cm³/mol. The molecule has 3 atom stereocenters. The van der Waals surface area contributed by atoms with Crippen LogP contribution in [0.2, 0.25) is 0 Å². The molecule has 2 aliphatic rings. The van der Waals surface area contributed by atoms with Crippen LogP contribution in [0.25, 0.3) is 0 Å². The molecule has 2 fully saturated rings. The molecular formula is C16H24IN3. The van der Waals surface area contributed by atoms with E-state index in [9.17, 15) is 0 Å². The second-order valence-electron chi connectivity index (χ2n) is 6.82. The summed E-state index contributed by atoms with van der Waals surface area (Å²) >= 11 is 2.39. The van der Waals surface area contributed by atoms with Crippen molar-refractivity contribution in [1.82, 2.24) is 9.97 Å². The van der Waals surface area contributed by atoms with Crippen molar-refractivity contribution < 1.29 is 0 Å². The molecule has 1 heterocycles. The first-order valence-electron chi connectivity index (χ1n) is 7.82.